The van der Waals surface area contributed by atoms with Gasteiger partial charge in [0.15, 0.2) is 0 Å². The number of nitrogens with one attached hydrogen (secondary N) is 2. The van der Waals surface area contributed by atoms with Gasteiger partial charge in [0.05, 0.1) is 7.11 Å². The van der Waals surface area contributed by atoms with Crippen molar-refractivity contribution in [1.29, 1.82) is 0 Å². The van der Waals surface area contributed by atoms with Gasteiger partial charge in [-0.25, -0.2) is 0 Å². The second-order valence-electron chi connectivity index (χ2n) is 5.82. The Labute approximate surface area is 158 Å². The number of thiocarbonyl (C=S) groups is 1. The topological polar surface area (TPSA) is 70.7 Å². The van der Waals surface area contributed by atoms with Crippen LogP contribution in [-0.4, -0.2) is 49.1 Å². The molecule has 0 aliphatic heterocycles. The van der Waals surface area contributed by atoms with Gasteiger partial charge in [-0.15, -0.1) is 0 Å². The van der Waals surface area contributed by atoms with Crippen LogP contribution >= 0.6 is 12.2 Å². The number of anilines is 1. The van der Waals surface area contributed by atoms with Crippen LogP contribution in [0.1, 0.15) is 12.8 Å². The third-order valence-corrected chi connectivity index (χ3v) is 4.38. The number of carbonyl (C=O) groups excluding carboxylic acids is 2. The number of hydrogen-bond donors (Lipinski definition) is 2. The number of amides is 2. The summed E-state index contributed by atoms with van der Waals surface area (Å²) in [6, 6.07) is 13.6. The number of methoxy groups -OCH3 is 1. The zero-order valence-electron chi connectivity index (χ0n) is 15.0. The minimum Gasteiger partial charge on any atom is -0.474 e. The van der Waals surface area contributed by atoms with Gasteiger partial charge in [0.25, 0.3) is 5.17 Å². The first-order valence-electron chi connectivity index (χ1n) is 8.34. The Morgan fingerprint density at radius 3 is 2.54 bits per heavy atom. The van der Waals surface area contributed by atoms with Crippen molar-refractivity contribution in [1.82, 2.24) is 10.2 Å². The van der Waals surface area contributed by atoms with Crippen LogP contribution in [0.5, 0.6) is 0 Å². The summed E-state index contributed by atoms with van der Waals surface area (Å²) in [6.45, 7) is 0.977. The first-order chi connectivity index (χ1) is 12.5. The Morgan fingerprint density at radius 2 is 1.77 bits per heavy atom. The quantitative estimate of drug-likeness (QED) is 0.730. The monoisotopic (exact) mass is 373 g/mol. The van der Waals surface area contributed by atoms with E-state index in [1.54, 1.807) is 11.9 Å². The molecule has 2 aromatic carbocycles. The molecule has 2 amide bonds. The maximum absolute atomic E-state index is 12.1. The predicted molar refractivity (Wildman–Crippen MR) is 107 cm³/mol. The average molecular weight is 373 g/mol. The van der Waals surface area contributed by atoms with E-state index in [2.05, 4.69) is 10.6 Å². The number of rotatable bonds is 7. The Morgan fingerprint density at radius 1 is 1.08 bits per heavy atom. The van der Waals surface area contributed by atoms with Crippen LogP contribution in [0, 0.1) is 0 Å². The molecule has 0 radical (unpaired) electrons. The summed E-state index contributed by atoms with van der Waals surface area (Å²) in [4.78, 5) is 25.7. The van der Waals surface area contributed by atoms with E-state index in [1.165, 1.54) is 7.11 Å². The fourth-order valence-corrected chi connectivity index (χ4v) is 2.56. The Balaban J connectivity index is 1.76. The van der Waals surface area contributed by atoms with E-state index in [0.29, 0.717) is 18.3 Å². The van der Waals surface area contributed by atoms with E-state index in [0.717, 1.165) is 16.5 Å². The van der Waals surface area contributed by atoms with Crippen LogP contribution in [-0.2, 0) is 14.3 Å². The molecule has 0 atom stereocenters. The minimum atomic E-state index is -0.186. The van der Waals surface area contributed by atoms with E-state index in [-0.39, 0.29) is 24.7 Å². The molecule has 0 spiro atoms. The van der Waals surface area contributed by atoms with Gasteiger partial charge in [-0.05, 0) is 23.7 Å². The van der Waals surface area contributed by atoms with Gasteiger partial charge in [0.1, 0.15) is 0 Å². The predicted octanol–water partition coefficient (Wildman–Crippen LogP) is 2.54. The molecule has 0 aliphatic carbocycles. The zero-order chi connectivity index (χ0) is 18.9. The first kappa shape index (κ1) is 19.7. The molecule has 2 aromatic rings. The number of carbonyl (C=O) groups is 2. The van der Waals surface area contributed by atoms with Crippen molar-refractivity contribution in [2.45, 2.75) is 12.8 Å². The van der Waals surface area contributed by atoms with E-state index < -0.39 is 0 Å². The molecule has 2 N–H and O–H groups in total. The highest BCUT2D eigenvalue weighted by atomic mass is 32.1. The summed E-state index contributed by atoms with van der Waals surface area (Å²) in [5, 5.41) is 8.04. The molecule has 138 valence electrons. The van der Waals surface area contributed by atoms with Gasteiger partial charge in [-0.2, -0.15) is 0 Å². The standard InChI is InChI=1S/C19H23N3O3S/c1-22(19(26)25-2)13-12-20-17(23)10-11-18(24)21-16-9-5-7-14-6-3-4-8-15(14)16/h3-9H,10-13H2,1-2H3,(H,20,23)(H,21,24). The molecular formula is C19H23N3O3S. The first-order valence-corrected chi connectivity index (χ1v) is 8.75. The third-order valence-electron chi connectivity index (χ3n) is 3.90. The van der Waals surface area contributed by atoms with Crippen molar-refractivity contribution >= 4 is 45.7 Å². The Bertz CT molecular complexity index is 789. The summed E-state index contributed by atoms with van der Waals surface area (Å²) in [6.07, 6.45) is 0.260. The van der Waals surface area contributed by atoms with Gasteiger partial charge < -0.3 is 20.3 Å². The van der Waals surface area contributed by atoms with Crippen LogP contribution in [0.2, 0.25) is 0 Å². The van der Waals surface area contributed by atoms with E-state index in [4.69, 9.17) is 17.0 Å². The highest BCUT2D eigenvalue weighted by Crippen LogP contribution is 2.23. The number of nitrogens with zero attached hydrogens (tertiary/aromatic N) is 1. The fourth-order valence-electron chi connectivity index (χ4n) is 2.47. The van der Waals surface area contributed by atoms with E-state index >= 15 is 0 Å². The van der Waals surface area contributed by atoms with Crippen molar-refractivity contribution in [2.75, 3.05) is 32.6 Å². The lowest BCUT2D eigenvalue weighted by Crippen LogP contribution is -2.36. The van der Waals surface area contributed by atoms with Crippen molar-refractivity contribution in [3.05, 3.63) is 42.5 Å². The molecule has 2 rings (SSSR count). The van der Waals surface area contributed by atoms with Crippen LogP contribution in [0.3, 0.4) is 0 Å². The van der Waals surface area contributed by atoms with E-state index in [9.17, 15) is 9.59 Å². The molecular weight excluding hydrogens is 350 g/mol. The highest BCUT2D eigenvalue weighted by molar-refractivity contribution is 7.80. The van der Waals surface area contributed by atoms with Gasteiger partial charge in [0.2, 0.25) is 11.8 Å². The lowest BCUT2D eigenvalue weighted by molar-refractivity contribution is -0.124. The summed E-state index contributed by atoms with van der Waals surface area (Å²) in [5.41, 5.74) is 0.753. The van der Waals surface area contributed by atoms with Crippen molar-refractivity contribution in [3.63, 3.8) is 0 Å². The van der Waals surface area contributed by atoms with Gasteiger partial charge in [0, 0.05) is 44.1 Å². The second-order valence-corrected chi connectivity index (χ2v) is 6.17. The molecule has 0 saturated heterocycles. The van der Waals surface area contributed by atoms with Crippen LogP contribution in [0.25, 0.3) is 10.8 Å². The molecule has 0 bridgehead atoms. The largest absolute Gasteiger partial charge is 0.474 e. The second kappa shape index (κ2) is 9.72. The lowest BCUT2D eigenvalue weighted by atomic mass is 10.1. The van der Waals surface area contributed by atoms with E-state index in [1.807, 2.05) is 42.5 Å². The molecule has 6 nitrogen and oxygen atoms in total. The highest BCUT2D eigenvalue weighted by Gasteiger charge is 2.09. The normalized spacial score (nSPS) is 10.2. The molecule has 0 fully saturated rings. The Hall–Kier alpha value is -2.67. The number of ether oxygens (including phenoxy) is 1. The van der Waals surface area contributed by atoms with Crippen LogP contribution in [0.4, 0.5) is 5.69 Å². The van der Waals surface area contributed by atoms with Crippen molar-refractivity contribution in [2.24, 2.45) is 0 Å². The smallest absolute Gasteiger partial charge is 0.258 e. The Kier molecular flexibility index (Phi) is 7.35. The zero-order valence-corrected chi connectivity index (χ0v) is 15.8. The molecule has 0 heterocycles. The molecule has 7 heteroatoms. The lowest BCUT2D eigenvalue weighted by Gasteiger charge is -2.18. The summed E-state index contributed by atoms with van der Waals surface area (Å²) < 4.78 is 4.93. The summed E-state index contributed by atoms with van der Waals surface area (Å²) in [5.74, 6) is -0.357. The maximum Gasteiger partial charge on any atom is 0.258 e. The maximum atomic E-state index is 12.1. The molecule has 0 aromatic heterocycles. The number of likely N-dealkylation sites (N-methyl/N-ethyl adjacent to an activating group) is 1. The molecule has 0 saturated carbocycles. The SMILES string of the molecule is COC(=S)N(C)CCNC(=O)CCC(=O)Nc1cccc2ccccc12. The molecule has 0 aliphatic rings. The molecule has 0 unspecified atom stereocenters. The molecule has 26 heavy (non-hydrogen) atoms. The summed E-state index contributed by atoms with van der Waals surface area (Å²) >= 11 is 4.98. The van der Waals surface area contributed by atoms with Crippen molar-refractivity contribution < 1.29 is 14.3 Å². The van der Waals surface area contributed by atoms with Gasteiger partial charge >= 0.3 is 0 Å². The minimum absolute atomic E-state index is 0.126. The average Bonchev–Trinajstić information content (AvgIpc) is 2.66. The number of hydrogen-bond acceptors (Lipinski definition) is 4. The van der Waals surface area contributed by atoms with Gasteiger partial charge in [-0.3, -0.25) is 9.59 Å². The fraction of sp³-hybridized carbons (Fsp3) is 0.316. The van der Waals surface area contributed by atoms with Crippen LogP contribution in [0.15, 0.2) is 42.5 Å². The number of benzene rings is 2. The third kappa shape index (κ3) is 5.70. The van der Waals surface area contributed by atoms with Crippen LogP contribution < -0.4 is 10.6 Å². The van der Waals surface area contributed by atoms with Gasteiger partial charge in [-0.1, -0.05) is 36.4 Å². The number of fused-ring (bicyclic) bond motifs is 1. The summed E-state index contributed by atoms with van der Waals surface area (Å²) in [7, 11) is 3.29. The van der Waals surface area contributed by atoms with Crippen molar-refractivity contribution in [3.8, 4) is 0 Å².